The summed E-state index contributed by atoms with van der Waals surface area (Å²) in [5.41, 5.74) is 0.373. The number of morpholine rings is 1. The Morgan fingerprint density at radius 3 is 2.81 bits per heavy atom. The third-order valence-electron chi connectivity index (χ3n) is 2.47. The summed E-state index contributed by atoms with van der Waals surface area (Å²) in [6, 6.07) is 1.42. The van der Waals surface area contributed by atoms with Gasteiger partial charge in [-0.05, 0) is 22.0 Å². The monoisotopic (exact) mass is 291 g/mol. The van der Waals surface area contributed by atoms with Crippen molar-refractivity contribution in [1.82, 2.24) is 5.32 Å². The van der Waals surface area contributed by atoms with E-state index in [0.29, 0.717) is 18.7 Å². The van der Waals surface area contributed by atoms with Crippen LogP contribution in [0, 0.1) is 5.82 Å². The van der Waals surface area contributed by atoms with E-state index in [1.54, 1.807) is 0 Å². The van der Waals surface area contributed by atoms with Crippen molar-refractivity contribution in [3.63, 3.8) is 0 Å². The van der Waals surface area contributed by atoms with Crippen LogP contribution in [0.4, 0.5) is 4.39 Å². The van der Waals surface area contributed by atoms with Crippen LogP contribution in [0.2, 0.25) is 0 Å². The topological polar surface area (TPSA) is 61.7 Å². The second-order valence-electron chi connectivity index (χ2n) is 3.52. The molecule has 6 heteroatoms. The Morgan fingerprint density at radius 2 is 2.19 bits per heavy atom. The highest BCUT2D eigenvalue weighted by molar-refractivity contribution is 9.10. The van der Waals surface area contributed by atoms with Gasteiger partial charge < -0.3 is 20.3 Å². The van der Waals surface area contributed by atoms with Crippen LogP contribution >= 0.6 is 15.9 Å². The lowest BCUT2D eigenvalue weighted by molar-refractivity contribution is 0.0260. The predicted octanol–water partition coefficient (Wildman–Crippen LogP) is 1.66. The Morgan fingerprint density at radius 1 is 1.44 bits per heavy atom. The van der Waals surface area contributed by atoms with Crippen LogP contribution in [0.25, 0.3) is 0 Å². The summed E-state index contributed by atoms with van der Waals surface area (Å²) >= 11 is 2.98. The summed E-state index contributed by atoms with van der Waals surface area (Å²) in [5, 5.41) is 22.1. The molecule has 1 aliphatic heterocycles. The standard InChI is InChI=1S/C10H11BrFNO3/c11-6-3-5(7-4-13-1-2-16-7)9(14)10(15)8(6)12/h3,7,13-15H,1-2,4H2. The third kappa shape index (κ3) is 2.00. The quantitative estimate of drug-likeness (QED) is 0.689. The smallest absolute Gasteiger partial charge is 0.195 e. The molecular weight excluding hydrogens is 281 g/mol. The molecule has 0 spiro atoms. The number of hydrogen-bond donors (Lipinski definition) is 3. The molecule has 1 atom stereocenters. The van der Waals surface area contributed by atoms with Crippen molar-refractivity contribution in [2.75, 3.05) is 19.7 Å². The molecule has 0 saturated carbocycles. The van der Waals surface area contributed by atoms with E-state index in [4.69, 9.17) is 4.74 Å². The molecule has 1 aliphatic rings. The molecule has 2 rings (SSSR count). The third-order valence-corrected chi connectivity index (χ3v) is 3.05. The van der Waals surface area contributed by atoms with Crippen molar-refractivity contribution in [1.29, 1.82) is 0 Å². The van der Waals surface area contributed by atoms with Crippen molar-refractivity contribution < 1.29 is 19.3 Å². The van der Waals surface area contributed by atoms with Gasteiger partial charge in [-0.3, -0.25) is 0 Å². The second kappa shape index (κ2) is 4.57. The van der Waals surface area contributed by atoms with Gasteiger partial charge in [-0.15, -0.1) is 0 Å². The zero-order valence-corrected chi connectivity index (χ0v) is 9.92. The van der Waals surface area contributed by atoms with E-state index in [0.717, 1.165) is 6.54 Å². The molecule has 3 N–H and O–H groups in total. The highest BCUT2D eigenvalue weighted by Gasteiger charge is 2.24. The number of halogens is 2. The van der Waals surface area contributed by atoms with Gasteiger partial charge in [0.2, 0.25) is 0 Å². The largest absolute Gasteiger partial charge is 0.504 e. The fourth-order valence-electron chi connectivity index (χ4n) is 1.63. The molecule has 0 amide bonds. The number of aromatic hydroxyl groups is 2. The fraction of sp³-hybridized carbons (Fsp3) is 0.400. The minimum atomic E-state index is -0.870. The van der Waals surface area contributed by atoms with Crippen LogP contribution in [0.1, 0.15) is 11.7 Å². The second-order valence-corrected chi connectivity index (χ2v) is 4.38. The van der Waals surface area contributed by atoms with E-state index in [1.807, 2.05) is 0 Å². The number of phenols is 2. The number of phenolic OH excluding ortho intramolecular Hbond substituents is 2. The van der Waals surface area contributed by atoms with Crippen LogP contribution < -0.4 is 5.32 Å². The maximum Gasteiger partial charge on any atom is 0.195 e. The molecular formula is C10H11BrFNO3. The van der Waals surface area contributed by atoms with E-state index >= 15 is 0 Å². The molecule has 1 heterocycles. The van der Waals surface area contributed by atoms with E-state index in [9.17, 15) is 14.6 Å². The average Bonchev–Trinajstić information content (AvgIpc) is 2.32. The summed E-state index contributed by atoms with van der Waals surface area (Å²) in [4.78, 5) is 0. The fourth-order valence-corrected chi connectivity index (χ4v) is 2.07. The normalized spacial score (nSPS) is 21.0. The Labute approximate surface area is 100 Å². The van der Waals surface area contributed by atoms with Crippen molar-refractivity contribution in [2.45, 2.75) is 6.10 Å². The van der Waals surface area contributed by atoms with Gasteiger partial charge in [-0.2, -0.15) is 0 Å². The molecule has 4 nitrogen and oxygen atoms in total. The Balaban J connectivity index is 2.40. The Bertz CT molecular complexity index is 408. The van der Waals surface area contributed by atoms with Gasteiger partial charge in [0.15, 0.2) is 17.3 Å². The molecule has 16 heavy (non-hydrogen) atoms. The number of hydrogen-bond acceptors (Lipinski definition) is 4. The van der Waals surface area contributed by atoms with Gasteiger partial charge in [0.05, 0.1) is 17.2 Å². The van der Waals surface area contributed by atoms with Crippen molar-refractivity contribution in [3.8, 4) is 11.5 Å². The molecule has 0 aliphatic carbocycles. The molecule has 0 bridgehead atoms. The van der Waals surface area contributed by atoms with Crippen molar-refractivity contribution in [2.24, 2.45) is 0 Å². The van der Waals surface area contributed by atoms with E-state index < -0.39 is 17.3 Å². The molecule has 1 aromatic rings. The van der Waals surface area contributed by atoms with Crippen LogP contribution in [0.15, 0.2) is 10.5 Å². The first kappa shape index (κ1) is 11.6. The molecule has 1 unspecified atom stereocenters. The average molecular weight is 292 g/mol. The maximum absolute atomic E-state index is 13.2. The summed E-state index contributed by atoms with van der Waals surface area (Å²) in [7, 11) is 0. The molecule has 1 aromatic carbocycles. The predicted molar refractivity (Wildman–Crippen MR) is 59.0 cm³/mol. The summed E-state index contributed by atoms with van der Waals surface area (Å²) < 4.78 is 18.7. The summed E-state index contributed by atoms with van der Waals surface area (Å²) in [6.07, 6.45) is -0.378. The van der Waals surface area contributed by atoms with E-state index in [2.05, 4.69) is 21.2 Å². The first-order valence-corrected chi connectivity index (χ1v) is 5.62. The van der Waals surface area contributed by atoms with Gasteiger partial charge >= 0.3 is 0 Å². The van der Waals surface area contributed by atoms with Crippen LogP contribution in [-0.4, -0.2) is 29.9 Å². The molecule has 1 saturated heterocycles. The first-order chi connectivity index (χ1) is 7.61. The lowest BCUT2D eigenvalue weighted by atomic mass is 10.1. The molecule has 1 fully saturated rings. The zero-order chi connectivity index (χ0) is 11.7. The lowest BCUT2D eigenvalue weighted by Crippen LogP contribution is -2.33. The summed E-state index contributed by atoms with van der Waals surface area (Å²) in [6.45, 7) is 1.77. The molecule has 0 radical (unpaired) electrons. The van der Waals surface area contributed by atoms with Gasteiger partial charge in [0.1, 0.15) is 0 Å². The number of benzene rings is 1. The van der Waals surface area contributed by atoms with Gasteiger partial charge in [0, 0.05) is 18.7 Å². The maximum atomic E-state index is 13.2. The molecule has 88 valence electrons. The highest BCUT2D eigenvalue weighted by Crippen LogP contribution is 2.40. The molecule has 0 aromatic heterocycles. The zero-order valence-electron chi connectivity index (χ0n) is 8.33. The minimum Gasteiger partial charge on any atom is -0.504 e. The highest BCUT2D eigenvalue weighted by atomic mass is 79.9. The Kier molecular flexibility index (Phi) is 3.32. The van der Waals surface area contributed by atoms with Gasteiger partial charge in [0.25, 0.3) is 0 Å². The van der Waals surface area contributed by atoms with Gasteiger partial charge in [-0.25, -0.2) is 4.39 Å². The van der Waals surface area contributed by atoms with Crippen molar-refractivity contribution >= 4 is 15.9 Å². The number of rotatable bonds is 1. The van der Waals surface area contributed by atoms with Crippen LogP contribution in [0.3, 0.4) is 0 Å². The lowest BCUT2D eigenvalue weighted by Gasteiger charge is -2.25. The SMILES string of the molecule is Oc1c(C2CNCCO2)cc(Br)c(F)c1O. The number of nitrogens with one attached hydrogen (secondary N) is 1. The van der Waals surface area contributed by atoms with Gasteiger partial charge in [-0.1, -0.05) is 0 Å². The van der Waals surface area contributed by atoms with Crippen molar-refractivity contribution in [3.05, 3.63) is 21.9 Å². The summed E-state index contributed by atoms with van der Waals surface area (Å²) in [5.74, 6) is -2.09. The van der Waals surface area contributed by atoms with Crippen LogP contribution in [-0.2, 0) is 4.74 Å². The minimum absolute atomic E-state index is 0.104. The van der Waals surface area contributed by atoms with Crippen LogP contribution in [0.5, 0.6) is 11.5 Å². The number of ether oxygens (including phenoxy) is 1. The van der Waals surface area contributed by atoms with E-state index in [-0.39, 0.29) is 10.6 Å². The first-order valence-electron chi connectivity index (χ1n) is 4.83. The Hall–Kier alpha value is -0.850. The van der Waals surface area contributed by atoms with E-state index in [1.165, 1.54) is 6.07 Å².